The van der Waals surface area contributed by atoms with Crippen LogP contribution in [0.25, 0.3) is 0 Å². The summed E-state index contributed by atoms with van der Waals surface area (Å²) in [6, 6.07) is 2.63. The number of aryl methyl sites for hydroxylation is 1. The lowest BCUT2D eigenvalue weighted by molar-refractivity contribution is 0.108. The molecule has 2 nitrogen and oxygen atoms in total. The van der Waals surface area contributed by atoms with Crippen molar-refractivity contribution in [2.24, 2.45) is 5.92 Å². The Hall–Kier alpha value is 0.1000. The maximum atomic E-state index is 5.51. The van der Waals surface area contributed by atoms with Crippen LogP contribution in [0.15, 0.2) is 10.5 Å². The van der Waals surface area contributed by atoms with Crippen molar-refractivity contribution in [1.29, 1.82) is 0 Å². The van der Waals surface area contributed by atoms with Gasteiger partial charge in [-0.1, -0.05) is 13.8 Å². The summed E-state index contributed by atoms with van der Waals surface area (Å²) in [6.45, 7) is 11.1. The van der Waals surface area contributed by atoms with Gasteiger partial charge >= 0.3 is 0 Å². The van der Waals surface area contributed by atoms with Crippen LogP contribution >= 0.6 is 27.3 Å². The van der Waals surface area contributed by atoms with Crippen LogP contribution in [-0.2, 0) is 11.3 Å². The van der Waals surface area contributed by atoms with Crippen molar-refractivity contribution in [3.63, 3.8) is 0 Å². The van der Waals surface area contributed by atoms with E-state index < -0.39 is 0 Å². The Bertz CT molecular complexity index is 319. The normalized spacial score (nSPS) is 13.3. The molecule has 1 aromatic rings. The van der Waals surface area contributed by atoms with Gasteiger partial charge in [0.15, 0.2) is 0 Å². The first-order valence-corrected chi connectivity index (χ1v) is 7.71. The van der Waals surface area contributed by atoms with Gasteiger partial charge in [0.25, 0.3) is 0 Å². The van der Waals surface area contributed by atoms with E-state index in [1.54, 1.807) is 0 Å². The molecule has 0 aliphatic rings. The minimum atomic E-state index is 0.427. The molecule has 0 aliphatic carbocycles. The van der Waals surface area contributed by atoms with E-state index in [9.17, 15) is 0 Å². The Morgan fingerprint density at radius 1 is 1.47 bits per heavy atom. The molecule has 1 N–H and O–H groups in total. The summed E-state index contributed by atoms with van der Waals surface area (Å²) in [4.78, 5) is 2.71. The standard InChI is InChI=1S/C13H22BrNOS/c1-5-16-8-13(9(2)3)15-7-11-6-12(14)10(4)17-11/h6,9,13,15H,5,7-8H2,1-4H3. The van der Waals surface area contributed by atoms with Gasteiger partial charge in [-0.25, -0.2) is 0 Å². The smallest absolute Gasteiger partial charge is 0.0622 e. The van der Waals surface area contributed by atoms with Crippen LogP contribution in [-0.4, -0.2) is 19.3 Å². The van der Waals surface area contributed by atoms with Gasteiger partial charge in [-0.3, -0.25) is 0 Å². The molecule has 0 saturated carbocycles. The molecule has 1 aromatic heterocycles. The van der Waals surface area contributed by atoms with Crippen LogP contribution in [0.4, 0.5) is 0 Å². The van der Waals surface area contributed by atoms with Crippen molar-refractivity contribution in [1.82, 2.24) is 5.32 Å². The molecule has 0 aromatic carbocycles. The van der Waals surface area contributed by atoms with Crippen molar-refractivity contribution in [2.75, 3.05) is 13.2 Å². The minimum absolute atomic E-state index is 0.427. The van der Waals surface area contributed by atoms with Gasteiger partial charge in [0.05, 0.1) is 6.61 Å². The van der Waals surface area contributed by atoms with Crippen molar-refractivity contribution in [3.8, 4) is 0 Å². The van der Waals surface area contributed by atoms with Crippen molar-refractivity contribution in [3.05, 3.63) is 20.3 Å². The number of rotatable bonds is 7. The van der Waals surface area contributed by atoms with E-state index in [0.29, 0.717) is 12.0 Å². The molecule has 1 atom stereocenters. The summed E-state index contributed by atoms with van der Waals surface area (Å²) in [7, 11) is 0. The van der Waals surface area contributed by atoms with Crippen LogP contribution in [0.2, 0.25) is 0 Å². The van der Waals surface area contributed by atoms with Gasteiger partial charge in [-0.05, 0) is 41.8 Å². The van der Waals surface area contributed by atoms with Crippen molar-refractivity contribution in [2.45, 2.75) is 40.3 Å². The van der Waals surface area contributed by atoms with E-state index in [0.717, 1.165) is 19.8 Å². The largest absolute Gasteiger partial charge is 0.380 e. The third kappa shape index (κ3) is 5.08. The molecular formula is C13H22BrNOS. The number of hydrogen-bond donors (Lipinski definition) is 1. The lowest BCUT2D eigenvalue weighted by Crippen LogP contribution is -2.37. The topological polar surface area (TPSA) is 21.3 Å². The van der Waals surface area contributed by atoms with E-state index >= 15 is 0 Å². The van der Waals surface area contributed by atoms with Crippen molar-refractivity contribution < 1.29 is 4.74 Å². The first-order valence-electron chi connectivity index (χ1n) is 6.10. The predicted octanol–water partition coefficient (Wildman–Crippen LogP) is 3.97. The summed E-state index contributed by atoms with van der Waals surface area (Å²) in [5.41, 5.74) is 0. The second-order valence-corrected chi connectivity index (χ2v) is 6.70. The minimum Gasteiger partial charge on any atom is -0.380 e. The number of nitrogens with one attached hydrogen (secondary N) is 1. The highest BCUT2D eigenvalue weighted by Gasteiger charge is 2.13. The lowest BCUT2D eigenvalue weighted by Gasteiger charge is -2.21. The van der Waals surface area contributed by atoms with E-state index in [-0.39, 0.29) is 0 Å². The molecule has 0 spiro atoms. The molecule has 0 fully saturated rings. The number of thiophene rings is 1. The van der Waals surface area contributed by atoms with Crippen LogP contribution in [0.5, 0.6) is 0 Å². The van der Waals surface area contributed by atoms with E-state index in [2.05, 4.69) is 48.1 Å². The Labute approximate surface area is 117 Å². The van der Waals surface area contributed by atoms with Gasteiger partial charge in [-0.15, -0.1) is 11.3 Å². The summed E-state index contributed by atoms with van der Waals surface area (Å²) >= 11 is 5.39. The summed E-state index contributed by atoms with van der Waals surface area (Å²) in [5, 5.41) is 3.58. The highest BCUT2D eigenvalue weighted by Crippen LogP contribution is 2.26. The zero-order chi connectivity index (χ0) is 12.8. The Balaban J connectivity index is 2.45. The average Bonchev–Trinajstić information content (AvgIpc) is 2.58. The molecule has 0 bridgehead atoms. The Morgan fingerprint density at radius 2 is 2.18 bits per heavy atom. The van der Waals surface area contributed by atoms with Crippen molar-refractivity contribution >= 4 is 27.3 Å². The molecule has 1 unspecified atom stereocenters. The van der Waals surface area contributed by atoms with Crippen LogP contribution in [0, 0.1) is 12.8 Å². The molecule has 0 radical (unpaired) electrons. The summed E-state index contributed by atoms with van der Waals surface area (Å²) in [5.74, 6) is 0.589. The van der Waals surface area contributed by atoms with E-state index in [4.69, 9.17) is 4.74 Å². The second kappa shape index (κ2) is 7.52. The molecule has 0 aliphatic heterocycles. The predicted molar refractivity (Wildman–Crippen MR) is 78.7 cm³/mol. The quantitative estimate of drug-likeness (QED) is 0.821. The van der Waals surface area contributed by atoms with E-state index in [1.165, 1.54) is 14.2 Å². The first kappa shape index (κ1) is 15.2. The zero-order valence-electron chi connectivity index (χ0n) is 11.0. The third-order valence-electron chi connectivity index (χ3n) is 2.75. The summed E-state index contributed by atoms with van der Waals surface area (Å²) in [6.07, 6.45) is 0. The zero-order valence-corrected chi connectivity index (χ0v) is 13.5. The molecule has 4 heteroatoms. The van der Waals surface area contributed by atoms with E-state index in [1.807, 2.05) is 18.3 Å². The number of hydrogen-bond acceptors (Lipinski definition) is 3. The SMILES string of the molecule is CCOCC(NCc1cc(Br)c(C)s1)C(C)C. The molecule has 98 valence electrons. The molecule has 1 heterocycles. The van der Waals surface area contributed by atoms with Gasteiger partial charge in [0.1, 0.15) is 0 Å². The summed E-state index contributed by atoms with van der Waals surface area (Å²) < 4.78 is 6.72. The number of halogens is 1. The monoisotopic (exact) mass is 319 g/mol. The fraction of sp³-hybridized carbons (Fsp3) is 0.692. The Kier molecular flexibility index (Phi) is 6.70. The van der Waals surface area contributed by atoms with Crippen LogP contribution in [0.3, 0.4) is 0 Å². The molecule has 1 rings (SSSR count). The van der Waals surface area contributed by atoms with Gasteiger partial charge in [0.2, 0.25) is 0 Å². The highest BCUT2D eigenvalue weighted by molar-refractivity contribution is 9.10. The molecule has 0 amide bonds. The maximum absolute atomic E-state index is 5.51. The average molecular weight is 320 g/mol. The fourth-order valence-electron chi connectivity index (χ4n) is 1.57. The Morgan fingerprint density at radius 3 is 2.65 bits per heavy atom. The van der Waals surface area contributed by atoms with Gasteiger partial charge in [0, 0.05) is 33.4 Å². The fourth-order valence-corrected chi connectivity index (χ4v) is 3.12. The number of ether oxygens (including phenoxy) is 1. The molecule has 17 heavy (non-hydrogen) atoms. The second-order valence-electron chi connectivity index (χ2n) is 4.51. The first-order chi connectivity index (χ1) is 8.04. The highest BCUT2D eigenvalue weighted by atomic mass is 79.9. The van der Waals surface area contributed by atoms with Crippen LogP contribution in [0.1, 0.15) is 30.5 Å². The van der Waals surface area contributed by atoms with Crippen LogP contribution < -0.4 is 5.32 Å². The third-order valence-corrected chi connectivity index (χ3v) is 4.89. The van der Waals surface area contributed by atoms with Gasteiger partial charge in [-0.2, -0.15) is 0 Å². The lowest BCUT2D eigenvalue weighted by atomic mass is 10.1. The maximum Gasteiger partial charge on any atom is 0.0622 e. The molecular weight excluding hydrogens is 298 g/mol. The molecule has 0 saturated heterocycles. The van der Waals surface area contributed by atoms with Gasteiger partial charge < -0.3 is 10.1 Å².